The van der Waals surface area contributed by atoms with Crippen LogP contribution in [0.2, 0.25) is 5.02 Å². The molecule has 3 aliphatic rings. The number of nitrogens with zero attached hydrogens (tertiary/aromatic N) is 2. The molecule has 3 fully saturated rings. The predicted octanol–water partition coefficient (Wildman–Crippen LogP) is 3.32. The number of hydrogen-bond acceptors (Lipinski definition) is 3. The molecular weight excluding hydrogens is 393 g/mol. The van der Waals surface area contributed by atoms with Gasteiger partial charge in [-0.05, 0) is 44.4 Å². The maximum atomic E-state index is 13.7. The van der Waals surface area contributed by atoms with Crippen molar-refractivity contribution in [1.82, 2.24) is 15.1 Å². The molecule has 1 N–H and O–H groups in total. The van der Waals surface area contributed by atoms with Gasteiger partial charge in [-0.2, -0.15) is 0 Å². The van der Waals surface area contributed by atoms with Gasteiger partial charge >= 0.3 is 0 Å². The minimum atomic E-state index is -0.579. The van der Waals surface area contributed by atoms with Crippen molar-refractivity contribution in [3.05, 3.63) is 34.6 Å². The number of fused-ring (bicyclic) bond motifs is 2. The van der Waals surface area contributed by atoms with Gasteiger partial charge in [0.25, 0.3) is 5.91 Å². The highest BCUT2D eigenvalue weighted by Crippen LogP contribution is 2.44. The molecule has 1 aromatic rings. The molecule has 3 atom stereocenters. The topological polar surface area (TPSA) is 52.7 Å². The molecule has 3 heterocycles. The zero-order chi connectivity index (χ0) is 20.8. The third-order valence-electron chi connectivity index (χ3n) is 7.21. The maximum absolute atomic E-state index is 13.7. The first-order chi connectivity index (χ1) is 13.8. The third-order valence-corrected chi connectivity index (χ3v) is 7.51. The van der Waals surface area contributed by atoms with Crippen molar-refractivity contribution >= 4 is 23.4 Å². The van der Waals surface area contributed by atoms with Crippen LogP contribution in [0.15, 0.2) is 18.2 Å². The Bertz CT molecular complexity index is 809. The molecule has 7 heteroatoms. The number of carbonyl (C=O) groups is 2. The zero-order valence-corrected chi connectivity index (χ0v) is 17.8. The normalized spacial score (nSPS) is 27.2. The van der Waals surface area contributed by atoms with Gasteiger partial charge in [0.2, 0.25) is 5.91 Å². The summed E-state index contributed by atoms with van der Waals surface area (Å²) in [7, 11) is 0. The van der Waals surface area contributed by atoms with Gasteiger partial charge in [0.05, 0.1) is 10.9 Å². The summed E-state index contributed by atoms with van der Waals surface area (Å²) >= 11 is 5.73. The van der Waals surface area contributed by atoms with E-state index < -0.39 is 5.82 Å². The number of halogens is 2. The lowest BCUT2D eigenvalue weighted by atomic mass is 9.75. The summed E-state index contributed by atoms with van der Waals surface area (Å²) in [5.41, 5.74) is 0.0985. The number of benzene rings is 1. The van der Waals surface area contributed by atoms with Crippen molar-refractivity contribution in [3.63, 3.8) is 0 Å². The average Bonchev–Trinajstić information content (AvgIpc) is 3.25. The first kappa shape index (κ1) is 20.6. The first-order valence-electron chi connectivity index (χ1n) is 10.6. The van der Waals surface area contributed by atoms with Crippen LogP contribution in [0.3, 0.4) is 0 Å². The van der Waals surface area contributed by atoms with Crippen LogP contribution in [0.25, 0.3) is 0 Å². The fourth-order valence-corrected chi connectivity index (χ4v) is 5.58. The first-order valence-corrected chi connectivity index (χ1v) is 11.0. The summed E-state index contributed by atoms with van der Waals surface area (Å²) < 4.78 is 13.7. The summed E-state index contributed by atoms with van der Waals surface area (Å²) in [5, 5.41) is 3.31. The van der Waals surface area contributed by atoms with Crippen molar-refractivity contribution in [2.24, 2.45) is 11.8 Å². The molecule has 158 valence electrons. The van der Waals surface area contributed by atoms with Gasteiger partial charge in [-0.15, -0.1) is 0 Å². The van der Waals surface area contributed by atoms with E-state index in [4.69, 9.17) is 11.6 Å². The molecule has 0 bridgehead atoms. The second kappa shape index (κ2) is 7.88. The van der Waals surface area contributed by atoms with E-state index in [1.165, 1.54) is 12.1 Å². The van der Waals surface area contributed by atoms with Crippen molar-refractivity contribution < 1.29 is 14.0 Å². The molecule has 3 aliphatic heterocycles. The maximum Gasteiger partial charge on any atom is 0.253 e. The van der Waals surface area contributed by atoms with Gasteiger partial charge in [0.1, 0.15) is 5.82 Å². The van der Waals surface area contributed by atoms with Crippen LogP contribution in [-0.4, -0.2) is 59.4 Å². The highest BCUT2D eigenvalue weighted by molar-refractivity contribution is 6.30. The van der Waals surface area contributed by atoms with Gasteiger partial charge in [0.15, 0.2) is 0 Å². The minimum Gasteiger partial charge on any atom is -0.350 e. The molecule has 2 amide bonds. The average molecular weight is 422 g/mol. The molecule has 0 radical (unpaired) electrons. The molecule has 1 aromatic carbocycles. The summed E-state index contributed by atoms with van der Waals surface area (Å²) in [5.74, 6) is -0.229. The van der Waals surface area contributed by atoms with Crippen molar-refractivity contribution in [2.45, 2.75) is 51.1 Å². The fraction of sp³-hybridized carbons (Fsp3) is 0.636. The highest BCUT2D eigenvalue weighted by atomic mass is 35.5. The Kier molecular flexibility index (Phi) is 5.60. The Balaban J connectivity index is 1.43. The van der Waals surface area contributed by atoms with Crippen LogP contribution in [0.5, 0.6) is 0 Å². The lowest BCUT2D eigenvalue weighted by Gasteiger charge is -2.43. The molecule has 0 aliphatic carbocycles. The Morgan fingerprint density at radius 2 is 2.07 bits per heavy atom. The largest absolute Gasteiger partial charge is 0.350 e. The third kappa shape index (κ3) is 3.66. The number of nitrogens with one attached hydrogen (secondary N) is 1. The van der Waals surface area contributed by atoms with Gasteiger partial charge in [-0.1, -0.05) is 24.9 Å². The molecular formula is C22H29ClFN3O2. The van der Waals surface area contributed by atoms with E-state index in [-0.39, 0.29) is 28.3 Å². The van der Waals surface area contributed by atoms with Crippen LogP contribution in [0, 0.1) is 17.7 Å². The number of carbonyl (C=O) groups excluding carboxylic acids is 2. The molecule has 0 aromatic heterocycles. The van der Waals surface area contributed by atoms with Crippen molar-refractivity contribution in [2.75, 3.05) is 26.2 Å². The summed E-state index contributed by atoms with van der Waals surface area (Å²) in [6.45, 7) is 7.36. The van der Waals surface area contributed by atoms with E-state index >= 15 is 0 Å². The van der Waals surface area contributed by atoms with E-state index in [9.17, 15) is 14.0 Å². The molecule has 1 spiro atoms. The summed E-state index contributed by atoms with van der Waals surface area (Å²) in [6, 6.07) is 4.68. The molecule has 0 saturated carbocycles. The van der Waals surface area contributed by atoms with Gasteiger partial charge < -0.3 is 10.2 Å². The lowest BCUT2D eigenvalue weighted by molar-refractivity contribution is -0.123. The molecule has 3 saturated heterocycles. The highest BCUT2D eigenvalue weighted by Gasteiger charge is 2.57. The monoisotopic (exact) mass is 421 g/mol. The van der Waals surface area contributed by atoms with E-state index in [1.54, 1.807) is 11.0 Å². The molecule has 4 rings (SSSR count). The van der Waals surface area contributed by atoms with E-state index in [0.29, 0.717) is 30.6 Å². The number of amides is 2. The number of rotatable bonds is 4. The number of hydrogen-bond donors (Lipinski definition) is 1. The van der Waals surface area contributed by atoms with Crippen LogP contribution < -0.4 is 5.32 Å². The quantitative estimate of drug-likeness (QED) is 0.811. The van der Waals surface area contributed by atoms with Crippen LogP contribution in [0.1, 0.15) is 49.9 Å². The van der Waals surface area contributed by atoms with Gasteiger partial charge in [0, 0.05) is 49.2 Å². The van der Waals surface area contributed by atoms with Crippen molar-refractivity contribution in [1.29, 1.82) is 0 Å². The van der Waals surface area contributed by atoms with Crippen LogP contribution in [0.4, 0.5) is 4.39 Å². The second-order valence-electron chi connectivity index (χ2n) is 8.87. The van der Waals surface area contributed by atoms with Crippen LogP contribution >= 0.6 is 11.6 Å². The van der Waals surface area contributed by atoms with E-state index in [1.807, 2.05) is 0 Å². The summed E-state index contributed by atoms with van der Waals surface area (Å²) in [4.78, 5) is 29.7. The smallest absolute Gasteiger partial charge is 0.253 e. The van der Waals surface area contributed by atoms with Gasteiger partial charge in [-0.25, -0.2) is 4.39 Å². The zero-order valence-electron chi connectivity index (χ0n) is 17.1. The predicted molar refractivity (Wildman–Crippen MR) is 110 cm³/mol. The lowest BCUT2D eigenvalue weighted by Crippen LogP contribution is -2.56. The standard InChI is InChI=1S/C22H29ClFN3O2/c1-3-4-14(2)27-12-16-17(13-27)22(25-20(16)28)7-9-26(10-8-22)21(29)15-5-6-18(23)19(24)11-15/h5-6,11,14,16-17H,3-4,7-10,12-13H2,1-2H3,(H,25,28)/t14-,16+,17-/m0/s1. The molecule has 0 unspecified atom stereocenters. The fourth-order valence-electron chi connectivity index (χ4n) is 5.47. The number of likely N-dealkylation sites (tertiary alicyclic amines) is 2. The van der Waals surface area contributed by atoms with Crippen molar-refractivity contribution in [3.8, 4) is 0 Å². The Morgan fingerprint density at radius 1 is 1.34 bits per heavy atom. The van der Waals surface area contributed by atoms with Crippen LogP contribution in [-0.2, 0) is 4.79 Å². The number of piperidine rings is 1. The Morgan fingerprint density at radius 3 is 2.72 bits per heavy atom. The Labute approximate surface area is 176 Å². The summed E-state index contributed by atoms with van der Waals surface area (Å²) in [6.07, 6.45) is 3.79. The SMILES string of the molecule is CCC[C@H](C)N1C[C@H]2C(=O)NC3(CCN(C(=O)c4ccc(Cl)c(F)c4)CC3)[C@H]2C1. The molecule has 29 heavy (non-hydrogen) atoms. The Hall–Kier alpha value is -1.66. The second-order valence-corrected chi connectivity index (χ2v) is 9.28. The molecule has 5 nitrogen and oxygen atoms in total. The van der Waals surface area contributed by atoms with E-state index in [2.05, 4.69) is 24.1 Å². The minimum absolute atomic E-state index is 0.0157. The van der Waals surface area contributed by atoms with E-state index in [0.717, 1.165) is 38.8 Å². The van der Waals surface area contributed by atoms with Gasteiger partial charge in [-0.3, -0.25) is 14.5 Å².